The summed E-state index contributed by atoms with van der Waals surface area (Å²) in [5, 5.41) is 13.3. The predicted octanol–water partition coefficient (Wildman–Crippen LogP) is 7.50. The molecule has 5 aliphatic rings. The first-order valence-corrected chi connectivity index (χ1v) is 17.3. The van der Waals surface area contributed by atoms with Crippen LogP contribution in [0.2, 0.25) is 0 Å². The lowest BCUT2D eigenvalue weighted by molar-refractivity contribution is -0.134. The van der Waals surface area contributed by atoms with Crippen LogP contribution in [-0.2, 0) is 9.53 Å². The summed E-state index contributed by atoms with van der Waals surface area (Å²) in [6.07, 6.45) is 15.1. The van der Waals surface area contributed by atoms with E-state index in [4.69, 9.17) is 4.74 Å². The molecule has 42 heavy (non-hydrogen) atoms. The second-order valence-corrected chi connectivity index (χ2v) is 16.9. The molecule has 0 radical (unpaired) electrons. The van der Waals surface area contributed by atoms with E-state index in [1.54, 1.807) is 5.57 Å². The summed E-state index contributed by atoms with van der Waals surface area (Å²) in [5.41, 5.74) is 1.76. The van der Waals surface area contributed by atoms with Gasteiger partial charge in [0, 0.05) is 26.1 Å². The number of likely N-dealkylation sites (tertiary alicyclic amines) is 1. The van der Waals surface area contributed by atoms with Crippen LogP contribution in [-0.4, -0.2) is 53.3 Å². The Hall–Kier alpha value is -1.56. The van der Waals surface area contributed by atoms with E-state index < -0.39 is 5.60 Å². The molecule has 2 N–H and O–H groups in total. The Bertz CT molecular complexity index is 1040. The molecule has 0 spiro atoms. The van der Waals surface area contributed by atoms with Gasteiger partial charge in [0.2, 0.25) is 5.91 Å². The number of piperidine rings is 1. The van der Waals surface area contributed by atoms with Crippen LogP contribution in [0.3, 0.4) is 0 Å². The van der Waals surface area contributed by atoms with Gasteiger partial charge < -0.3 is 20.1 Å². The molecule has 1 saturated heterocycles. The summed E-state index contributed by atoms with van der Waals surface area (Å²) >= 11 is 0. The maximum Gasteiger partial charge on any atom is 0.407 e. The van der Waals surface area contributed by atoms with Crippen LogP contribution in [0.4, 0.5) is 4.79 Å². The zero-order chi connectivity index (χ0) is 30.5. The summed E-state index contributed by atoms with van der Waals surface area (Å²) < 4.78 is 5.40. The zero-order valence-electron chi connectivity index (χ0n) is 27.8. The van der Waals surface area contributed by atoms with Crippen molar-refractivity contribution in [2.75, 3.05) is 19.6 Å². The third-order valence-corrected chi connectivity index (χ3v) is 13.0. The first kappa shape index (κ1) is 31.9. The van der Waals surface area contributed by atoms with Crippen molar-refractivity contribution in [3.63, 3.8) is 0 Å². The van der Waals surface area contributed by atoms with Gasteiger partial charge in [-0.1, -0.05) is 39.3 Å². The van der Waals surface area contributed by atoms with Gasteiger partial charge in [0.25, 0.3) is 0 Å². The molecule has 1 aliphatic heterocycles. The normalized spacial score (nSPS) is 38.4. The minimum atomic E-state index is -0.496. The van der Waals surface area contributed by atoms with E-state index in [-0.39, 0.29) is 17.6 Å². The van der Waals surface area contributed by atoms with Gasteiger partial charge >= 0.3 is 6.09 Å². The molecule has 238 valence electrons. The summed E-state index contributed by atoms with van der Waals surface area (Å²) in [7, 11) is 0. The maximum absolute atomic E-state index is 13.3. The van der Waals surface area contributed by atoms with Crippen LogP contribution < -0.4 is 5.32 Å². The summed E-state index contributed by atoms with van der Waals surface area (Å²) in [6.45, 7) is 17.5. The number of carbonyl (C=O) groups is 2. The molecule has 0 aromatic heterocycles. The molecular weight excluding hydrogens is 524 g/mol. The molecule has 0 aromatic carbocycles. The molecule has 0 bridgehead atoms. The van der Waals surface area contributed by atoms with Crippen LogP contribution in [0.1, 0.15) is 126 Å². The highest BCUT2D eigenvalue weighted by atomic mass is 16.6. The second-order valence-electron chi connectivity index (χ2n) is 16.9. The highest BCUT2D eigenvalue weighted by molar-refractivity contribution is 5.76. The molecule has 4 aliphatic carbocycles. The average Bonchev–Trinajstić information content (AvgIpc) is 3.28. The topological polar surface area (TPSA) is 78.9 Å². The van der Waals surface area contributed by atoms with Crippen molar-refractivity contribution in [2.45, 2.75) is 137 Å². The van der Waals surface area contributed by atoms with E-state index in [9.17, 15) is 14.7 Å². The number of hydrogen-bond acceptors (Lipinski definition) is 4. The zero-order valence-corrected chi connectivity index (χ0v) is 27.8. The van der Waals surface area contributed by atoms with E-state index in [1.165, 1.54) is 32.1 Å². The number of nitrogens with zero attached hydrogens (tertiary/aromatic N) is 1. The summed E-state index contributed by atoms with van der Waals surface area (Å²) in [5.74, 6) is 3.97. The number of aliphatic hydroxyl groups excluding tert-OH is 1. The fraction of sp³-hybridized carbons (Fsp3) is 0.889. The van der Waals surface area contributed by atoms with Crippen molar-refractivity contribution in [3.8, 4) is 0 Å². The Labute approximate surface area is 255 Å². The van der Waals surface area contributed by atoms with Crippen molar-refractivity contribution >= 4 is 12.0 Å². The van der Waals surface area contributed by atoms with E-state index in [2.05, 4.69) is 44.0 Å². The van der Waals surface area contributed by atoms with Gasteiger partial charge in [0.05, 0.1) is 6.10 Å². The van der Waals surface area contributed by atoms with Crippen molar-refractivity contribution in [1.29, 1.82) is 0 Å². The highest BCUT2D eigenvalue weighted by Gasteiger charge is 2.59. The van der Waals surface area contributed by atoms with E-state index >= 15 is 0 Å². The SMILES string of the molecule is C[C@H](CCC(=O)N1CCC(C)(CNC(=O)OC(C)(C)C)CC1)[C@H]1CC[C@H]2[C@@H]3CC=C4C[C@@H](O)CC[C@]4(C)[C@H]3CC[C@]12C. The highest BCUT2D eigenvalue weighted by Crippen LogP contribution is 2.67. The number of hydrogen-bond donors (Lipinski definition) is 2. The molecule has 0 unspecified atom stereocenters. The lowest BCUT2D eigenvalue weighted by Gasteiger charge is -2.58. The number of amides is 2. The van der Waals surface area contributed by atoms with Crippen LogP contribution >= 0.6 is 0 Å². The van der Waals surface area contributed by atoms with Gasteiger partial charge in [-0.15, -0.1) is 0 Å². The van der Waals surface area contributed by atoms with Gasteiger partial charge in [0.1, 0.15) is 5.60 Å². The van der Waals surface area contributed by atoms with Crippen molar-refractivity contribution in [2.24, 2.45) is 45.8 Å². The van der Waals surface area contributed by atoms with Gasteiger partial charge in [-0.2, -0.15) is 0 Å². The molecule has 6 heteroatoms. The van der Waals surface area contributed by atoms with Crippen molar-refractivity contribution in [3.05, 3.63) is 11.6 Å². The Morgan fingerprint density at radius 3 is 2.45 bits per heavy atom. The lowest BCUT2D eigenvalue weighted by Crippen LogP contribution is -2.50. The van der Waals surface area contributed by atoms with Gasteiger partial charge in [-0.3, -0.25) is 4.79 Å². The monoisotopic (exact) mass is 584 g/mol. The lowest BCUT2D eigenvalue weighted by atomic mass is 9.47. The van der Waals surface area contributed by atoms with Crippen LogP contribution in [0.15, 0.2) is 11.6 Å². The number of alkyl carbamates (subject to hydrolysis) is 1. The van der Waals surface area contributed by atoms with Gasteiger partial charge in [-0.25, -0.2) is 4.79 Å². The molecule has 5 rings (SSSR count). The predicted molar refractivity (Wildman–Crippen MR) is 168 cm³/mol. The van der Waals surface area contributed by atoms with Crippen molar-refractivity contribution < 1.29 is 19.4 Å². The third kappa shape index (κ3) is 6.31. The molecular formula is C36H60N2O4. The fourth-order valence-electron chi connectivity index (χ4n) is 10.4. The number of ether oxygens (including phenoxy) is 1. The third-order valence-electron chi connectivity index (χ3n) is 13.0. The molecule has 8 atom stereocenters. The number of allylic oxidation sites excluding steroid dienone is 1. The van der Waals surface area contributed by atoms with E-state index in [1.807, 2.05) is 20.8 Å². The Balaban J connectivity index is 1.11. The largest absolute Gasteiger partial charge is 0.444 e. The maximum atomic E-state index is 13.3. The van der Waals surface area contributed by atoms with Gasteiger partial charge in [-0.05, 0) is 137 Å². The fourth-order valence-corrected chi connectivity index (χ4v) is 10.4. The molecule has 4 fully saturated rings. The van der Waals surface area contributed by atoms with E-state index in [0.717, 1.165) is 69.4 Å². The van der Waals surface area contributed by atoms with Crippen LogP contribution in [0.5, 0.6) is 0 Å². The number of nitrogens with one attached hydrogen (secondary N) is 1. The number of rotatable bonds is 6. The Morgan fingerprint density at radius 2 is 1.76 bits per heavy atom. The molecule has 3 saturated carbocycles. The van der Waals surface area contributed by atoms with Crippen molar-refractivity contribution in [1.82, 2.24) is 10.2 Å². The first-order chi connectivity index (χ1) is 19.6. The quantitative estimate of drug-likeness (QED) is 0.317. The second kappa shape index (κ2) is 11.7. The number of fused-ring (bicyclic) bond motifs is 5. The standard InChI is InChI=1S/C36H60N2O4/c1-24(8-13-31(40)38-20-18-34(5,19-21-38)23-37-32(41)42-33(2,3)4)28-11-12-29-27-10-9-25-22-26(39)14-16-35(25,6)30(27)15-17-36(28,29)7/h9,24,26-30,39H,8,10-23H2,1-7H3,(H,37,41)/t24-,26+,27+,28-,29+,30+,35+,36-/m1/s1. The Morgan fingerprint density at radius 1 is 1.05 bits per heavy atom. The van der Waals surface area contributed by atoms with E-state index in [0.29, 0.717) is 41.5 Å². The summed E-state index contributed by atoms with van der Waals surface area (Å²) in [4.78, 5) is 27.5. The number of aliphatic hydroxyl groups is 1. The molecule has 0 aromatic rings. The molecule has 6 nitrogen and oxygen atoms in total. The smallest absolute Gasteiger partial charge is 0.407 e. The van der Waals surface area contributed by atoms with Crippen LogP contribution in [0.25, 0.3) is 0 Å². The Kier molecular flexibility index (Phi) is 8.91. The molecule has 2 amide bonds. The van der Waals surface area contributed by atoms with Crippen LogP contribution in [0, 0.1) is 45.8 Å². The minimum Gasteiger partial charge on any atom is -0.444 e. The minimum absolute atomic E-state index is 0.00314. The first-order valence-electron chi connectivity index (χ1n) is 17.3. The van der Waals surface area contributed by atoms with Gasteiger partial charge in [0.15, 0.2) is 0 Å². The number of carbonyl (C=O) groups excluding carboxylic acids is 2. The molecule has 1 heterocycles. The summed E-state index contributed by atoms with van der Waals surface area (Å²) in [6, 6.07) is 0. The average molecular weight is 585 g/mol.